The summed E-state index contributed by atoms with van der Waals surface area (Å²) in [6.07, 6.45) is -5.21. The standard InChI is InChI=1S/C22H21Cl2F3N2O4S/c1-12-5-13(3-4-18(12)20(30)28-17-10-34(31,32)11-17)19-9-21(22(25,26)27,33-29(19)2)14-6-15(23)8-16(24)7-14/h3-8,17,19H,9-11H2,1-2H3,(H,28,30). The number of rotatable bonds is 4. The van der Waals surface area contributed by atoms with E-state index >= 15 is 0 Å². The summed E-state index contributed by atoms with van der Waals surface area (Å²) in [6, 6.07) is 7.24. The maximum absolute atomic E-state index is 14.4. The van der Waals surface area contributed by atoms with E-state index in [0.29, 0.717) is 16.7 Å². The highest BCUT2D eigenvalue weighted by Crippen LogP contribution is 2.54. The van der Waals surface area contributed by atoms with Gasteiger partial charge in [-0.25, -0.2) is 8.42 Å². The Kier molecular flexibility index (Phi) is 6.44. The molecule has 184 valence electrons. The smallest absolute Gasteiger partial charge is 0.347 e. The van der Waals surface area contributed by atoms with Gasteiger partial charge in [-0.1, -0.05) is 35.3 Å². The van der Waals surface area contributed by atoms with E-state index in [9.17, 15) is 26.4 Å². The summed E-state index contributed by atoms with van der Waals surface area (Å²) in [5.41, 5.74) is -1.46. The Labute approximate surface area is 204 Å². The first kappa shape index (κ1) is 25.2. The summed E-state index contributed by atoms with van der Waals surface area (Å²) in [6.45, 7) is 1.67. The van der Waals surface area contributed by atoms with Gasteiger partial charge in [0.05, 0.1) is 23.6 Å². The van der Waals surface area contributed by atoms with Gasteiger partial charge in [0, 0.05) is 29.1 Å². The number of nitrogens with one attached hydrogen (secondary N) is 1. The first-order chi connectivity index (χ1) is 15.7. The Morgan fingerprint density at radius 1 is 1.15 bits per heavy atom. The minimum absolute atomic E-state index is 0.0614. The number of carbonyl (C=O) groups is 1. The van der Waals surface area contributed by atoms with Gasteiger partial charge in [0.1, 0.15) is 0 Å². The van der Waals surface area contributed by atoms with Gasteiger partial charge in [-0.2, -0.15) is 18.2 Å². The fraction of sp³-hybridized carbons (Fsp3) is 0.409. The second kappa shape index (κ2) is 8.67. The number of hydroxylamine groups is 2. The van der Waals surface area contributed by atoms with Crippen molar-refractivity contribution in [2.45, 2.75) is 37.2 Å². The van der Waals surface area contributed by atoms with Crippen LogP contribution in [0.3, 0.4) is 0 Å². The van der Waals surface area contributed by atoms with Gasteiger partial charge in [0.25, 0.3) is 5.91 Å². The van der Waals surface area contributed by atoms with Crippen molar-refractivity contribution in [3.63, 3.8) is 0 Å². The van der Waals surface area contributed by atoms with Crippen LogP contribution in [0.5, 0.6) is 0 Å². The molecule has 34 heavy (non-hydrogen) atoms. The van der Waals surface area contributed by atoms with Gasteiger partial charge in [0.15, 0.2) is 9.84 Å². The Balaban J connectivity index is 1.61. The maximum atomic E-state index is 14.4. The molecule has 6 nitrogen and oxygen atoms in total. The number of aryl methyl sites for hydroxylation is 1. The molecule has 2 heterocycles. The van der Waals surface area contributed by atoms with Gasteiger partial charge < -0.3 is 5.32 Å². The summed E-state index contributed by atoms with van der Waals surface area (Å²) in [4.78, 5) is 18.0. The van der Waals surface area contributed by atoms with Gasteiger partial charge >= 0.3 is 6.18 Å². The van der Waals surface area contributed by atoms with E-state index in [0.717, 1.165) is 5.06 Å². The van der Waals surface area contributed by atoms with Crippen molar-refractivity contribution in [2.24, 2.45) is 0 Å². The number of benzene rings is 2. The number of hydrogen-bond donors (Lipinski definition) is 1. The molecule has 0 saturated carbocycles. The average molecular weight is 537 g/mol. The van der Waals surface area contributed by atoms with E-state index in [1.165, 1.54) is 31.3 Å². The minimum atomic E-state index is -4.76. The van der Waals surface area contributed by atoms with Crippen LogP contribution in [0, 0.1) is 6.92 Å². The molecule has 2 aliphatic heterocycles. The molecule has 2 unspecified atom stereocenters. The van der Waals surface area contributed by atoms with Crippen LogP contribution in [-0.4, -0.2) is 50.2 Å². The highest BCUT2D eigenvalue weighted by molar-refractivity contribution is 7.92. The Bertz CT molecular complexity index is 1220. The van der Waals surface area contributed by atoms with Crippen LogP contribution in [0.2, 0.25) is 10.0 Å². The van der Waals surface area contributed by atoms with Crippen LogP contribution in [0.25, 0.3) is 0 Å². The molecule has 2 aromatic rings. The highest BCUT2D eigenvalue weighted by atomic mass is 35.5. The molecule has 2 fully saturated rings. The van der Waals surface area contributed by atoms with Crippen molar-refractivity contribution in [3.8, 4) is 0 Å². The summed E-state index contributed by atoms with van der Waals surface area (Å²) < 4.78 is 65.7. The molecule has 0 radical (unpaired) electrons. The van der Waals surface area contributed by atoms with Gasteiger partial charge in [0.2, 0.25) is 5.60 Å². The number of sulfone groups is 1. The van der Waals surface area contributed by atoms with Crippen LogP contribution >= 0.6 is 23.2 Å². The van der Waals surface area contributed by atoms with Crippen molar-refractivity contribution in [1.82, 2.24) is 10.4 Å². The fourth-order valence-corrected chi connectivity index (χ4v) is 6.24. The normalized spacial score (nSPS) is 25.2. The predicted molar refractivity (Wildman–Crippen MR) is 121 cm³/mol. The lowest BCUT2D eigenvalue weighted by Gasteiger charge is -2.31. The molecular formula is C22H21Cl2F3N2O4S. The molecule has 4 rings (SSSR count). The molecule has 0 aromatic heterocycles. The molecule has 2 aliphatic rings. The third-order valence-electron chi connectivity index (χ3n) is 6.13. The zero-order chi connectivity index (χ0) is 25.1. The van der Waals surface area contributed by atoms with Crippen LogP contribution in [0.1, 0.15) is 39.5 Å². The van der Waals surface area contributed by atoms with Crippen molar-refractivity contribution >= 4 is 38.9 Å². The van der Waals surface area contributed by atoms with Crippen LogP contribution < -0.4 is 5.32 Å². The van der Waals surface area contributed by atoms with Crippen molar-refractivity contribution in [2.75, 3.05) is 18.6 Å². The monoisotopic (exact) mass is 536 g/mol. The molecule has 12 heteroatoms. The number of carbonyl (C=O) groups excluding carboxylic acids is 1. The minimum Gasteiger partial charge on any atom is -0.347 e. The summed E-state index contributed by atoms with van der Waals surface area (Å²) in [7, 11) is -1.67. The van der Waals surface area contributed by atoms with Crippen molar-refractivity contribution in [3.05, 3.63) is 68.7 Å². The van der Waals surface area contributed by atoms with Crippen molar-refractivity contribution < 1.29 is 31.2 Å². The lowest BCUT2D eigenvalue weighted by atomic mass is 9.85. The van der Waals surface area contributed by atoms with Crippen LogP contribution in [0.4, 0.5) is 13.2 Å². The molecular weight excluding hydrogens is 516 g/mol. The van der Waals surface area contributed by atoms with E-state index < -0.39 is 46.0 Å². The van der Waals surface area contributed by atoms with E-state index in [-0.39, 0.29) is 27.1 Å². The zero-order valence-corrected chi connectivity index (χ0v) is 20.4. The van der Waals surface area contributed by atoms with Crippen LogP contribution in [0.15, 0.2) is 36.4 Å². The van der Waals surface area contributed by atoms with Crippen LogP contribution in [-0.2, 0) is 20.3 Å². The van der Waals surface area contributed by atoms with Gasteiger partial charge in [-0.15, -0.1) is 0 Å². The lowest BCUT2D eigenvalue weighted by molar-refractivity contribution is -0.322. The quantitative estimate of drug-likeness (QED) is 0.618. The molecule has 0 spiro atoms. The number of amides is 1. The largest absolute Gasteiger partial charge is 0.423 e. The number of halogens is 5. The topological polar surface area (TPSA) is 75.7 Å². The van der Waals surface area contributed by atoms with Gasteiger partial charge in [-0.05, 0) is 47.9 Å². The van der Waals surface area contributed by atoms with E-state index in [2.05, 4.69) is 5.32 Å². The summed E-state index contributed by atoms with van der Waals surface area (Å²) >= 11 is 11.9. The zero-order valence-electron chi connectivity index (χ0n) is 18.1. The molecule has 0 aliphatic carbocycles. The molecule has 2 aromatic carbocycles. The molecule has 1 amide bonds. The maximum Gasteiger partial charge on any atom is 0.423 e. The Morgan fingerprint density at radius 2 is 1.76 bits per heavy atom. The lowest BCUT2D eigenvalue weighted by Crippen LogP contribution is -2.53. The second-order valence-electron chi connectivity index (χ2n) is 8.66. The Hall–Kier alpha value is -1.85. The first-order valence-corrected chi connectivity index (χ1v) is 12.9. The second-order valence-corrected chi connectivity index (χ2v) is 11.7. The van der Waals surface area contributed by atoms with E-state index in [1.807, 2.05) is 0 Å². The predicted octanol–water partition coefficient (Wildman–Crippen LogP) is 4.59. The SMILES string of the molecule is Cc1cc(C2CC(c3cc(Cl)cc(Cl)c3)(C(F)(F)F)ON2C)ccc1C(=O)NC1CS(=O)(=O)C1. The number of nitrogens with zero attached hydrogens (tertiary/aromatic N) is 1. The molecule has 1 N–H and O–H groups in total. The summed E-state index contributed by atoms with van der Waals surface area (Å²) in [5.74, 6) is -0.640. The molecule has 2 atom stereocenters. The number of hydrogen-bond acceptors (Lipinski definition) is 5. The van der Waals surface area contributed by atoms with E-state index in [1.54, 1.807) is 19.1 Å². The first-order valence-electron chi connectivity index (χ1n) is 10.3. The average Bonchev–Trinajstić information content (AvgIpc) is 3.04. The fourth-order valence-electron chi connectivity index (χ4n) is 4.42. The third-order valence-corrected chi connectivity index (χ3v) is 8.39. The molecule has 2 saturated heterocycles. The molecule has 0 bridgehead atoms. The number of alkyl halides is 3. The van der Waals surface area contributed by atoms with Gasteiger partial charge in [-0.3, -0.25) is 9.63 Å². The van der Waals surface area contributed by atoms with Crippen molar-refractivity contribution in [1.29, 1.82) is 0 Å². The van der Waals surface area contributed by atoms with E-state index in [4.69, 9.17) is 28.0 Å². The summed E-state index contributed by atoms with van der Waals surface area (Å²) in [5, 5.41) is 3.94. The highest BCUT2D eigenvalue weighted by Gasteiger charge is 2.63. The Morgan fingerprint density at radius 3 is 2.29 bits per heavy atom. The third kappa shape index (κ3) is 4.66.